The summed E-state index contributed by atoms with van der Waals surface area (Å²) in [6.45, 7) is 4.73. The first-order valence-corrected chi connectivity index (χ1v) is 13.9. The van der Waals surface area contributed by atoms with Gasteiger partial charge in [0.1, 0.15) is 0 Å². The Hall–Kier alpha value is -2.84. The SMILES string of the molecule is COC(=O)C1(CS(=O)(=O)N2CCN(c3ccc(C#N)cc3C)CC2)C[C@@H]2CN(C(=O)N(C)C)C[C@H]2C1. The maximum absolute atomic E-state index is 13.5. The molecule has 0 spiro atoms. The molecule has 36 heavy (non-hydrogen) atoms. The minimum atomic E-state index is -3.71. The van der Waals surface area contributed by atoms with Crippen molar-refractivity contribution in [2.75, 3.05) is 71.1 Å². The zero-order valence-electron chi connectivity index (χ0n) is 21.4. The van der Waals surface area contributed by atoms with E-state index in [1.165, 1.54) is 16.3 Å². The van der Waals surface area contributed by atoms with Crippen LogP contribution in [0.5, 0.6) is 0 Å². The van der Waals surface area contributed by atoms with Crippen LogP contribution in [0, 0.1) is 35.5 Å². The van der Waals surface area contributed by atoms with Gasteiger partial charge in [0.05, 0.1) is 29.9 Å². The van der Waals surface area contributed by atoms with E-state index >= 15 is 0 Å². The molecule has 4 rings (SSSR count). The van der Waals surface area contributed by atoms with Crippen molar-refractivity contribution in [3.8, 4) is 6.07 Å². The number of carbonyl (C=O) groups is 2. The number of benzene rings is 1. The van der Waals surface area contributed by atoms with E-state index in [0.717, 1.165) is 11.3 Å². The Labute approximate surface area is 213 Å². The van der Waals surface area contributed by atoms with Crippen LogP contribution in [0.15, 0.2) is 18.2 Å². The van der Waals surface area contributed by atoms with E-state index < -0.39 is 21.4 Å². The standard InChI is InChI=1S/C25H35N5O5S/c1-18-11-19(14-26)5-6-22(18)28-7-9-30(10-8-28)36(33,34)17-25(23(31)35-4)12-20-15-29(16-21(20)13-25)24(32)27(2)3/h5-6,11,20-21H,7-10,12-13,15-17H2,1-4H3/t20-,21-/m1/s1. The highest BCUT2D eigenvalue weighted by atomic mass is 32.2. The van der Waals surface area contributed by atoms with Gasteiger partial charge >= 0.3 is 12.0 Å². The number of rotatable bonds is 5. The topological polar surface area (TPSA) is 114 Å². The average molecular weight is 518 g/mol. The Morgan fingerprint density at radius 2 is 1.75 bits per heavy atom. The van der Waals surface area contributed by atoms with Gasteiger partial charge in [0.25, 0.3) is 0 Å². The number of hydrogen-bond donors (Lipinski definition) is 0. The number of esters is 1. The van der Waals surface area contributed by atoms with E-state index in [9.17, 15) is 18.0 Å². The molecule has 0 unspecified atom stereocenters. The van der Waals surface area contributed by atoms with E-state index in [1.807, 2.05) is 19.1 Å². The van der Waals surface area contributed by atoms with Gasteiger partial charge in [-0.1, -0.05) is 0 Å². The first-order chi connectivity index (χ1) is 17.0. The summed E-state index contributed by atoms with van der Waals surface area (Å²) in [5.74, 6) is -0.575. The summed E-state index contributed by atoms with van der Waals surface area (Å²) in [7, 11) is 1.03. The highest BCUT2D eigenvalue weighted by Gasteiger charge is 2.56. The van der Waals surface area contributed by atoms with Crippen molar-refractivity contribution in [2.24, 2.45) is 17.3 Å². The molecular weight excluding hydrogens is 482 g/mol. The summed E-state index contributed by atoms with van der Waals surface area (Å²) in [5.41, 5.74) is 1.49. The summed E-state index contributed by atoms with van der Waals surface area (Å²) in [6.07, 6.45) is 0.816. The molecule has 2 saturated heterocycles. The second-order valence-electron chi connectivity index (χ2n) is 10.5. The van der Waals surface area contributed by atoms with Gasteiger partial charge in [-0.05, 0) is 55.4 Å². The third-order valence-electron chi connectivity index (χ3n) is 7.91. The smallest absolute Gasteiger partial charge is 0.319 e. The molecule has 3 aliphatic rings. The molecule has 2 amide bonds. The molecule has 1 aliphatic carbocycles. The lowest BCUT2D eigenvalue weighted by Gasteiger charge is -2.38. The highest BCUT2D eigenvalue weighted by molar-refractivity contribution is 7.89. The average Bonchev–Trinajstić information content (AvgIpc) is 3.39. The van der Waals surface area contributed by atoms with Gasteiger partial charge in [-0.3, -0.25) is 4.79 Å². The number of amides is 2. The summed E-state index contributed by atoms with van der Waals surface area (Å²) < 4.78 is 33.7. The molecule has 0 N–H and O–H groups in total. The normalized spacial score (nSPS) is 23.8. The van der Waals surface area contributed by atoms with Gasteiger partial charge in [0.2, 0.25) is 10.0 Å². The Balaban J connectivity index is 1.43. The number of fused-ring (bicyclic) bond motifs is 1. The lowest BCUT2D eigenvalue weighted by atomic mass is 9.86. The summed E-state index contributed by atoms with van der Waals surface area (Å²) in [4.78, 5) is 30.8. The van der Waals surface area contributed by atoms with Gasteiger partial charge in [-0.2, -0.15) is 9.57 Å². The van der Waals surface area contributed by atoms with E-state index in [4.69, 9.17) is 10.00 Å². The minimum absolute atomic E-state index is 0.0592. The number of anilines is 1. The largest absolute Gasteiger partial charge is 0.469 e. The molecule has 2 atom stereocenters. The van der Waals surface area contributed by atoms with Gasteiger partial charge in [-0.25, -0.2) is 13.2 Å². The molecule has 11 heteroatoms. The number of carbonyl (C=O) groups excluding carboxylic acids is 2. The molecule has 2 heterocycles. The van der Waals surface area contributed by atoms with Crippen LogP contribution >= 0.6 is 0 Å². The Morgan fingerprint density at radius 1 is 1.14 bits per heavy atom. The van der Waals surface area contributed by atoms with Gasteiger partial charge in [-0.15, -0.1) is 0 Å². The lowest BCUT2D eigenvalue weighted by Crippen LogP contribution is -2.52. The molecule has 1 aromatic carbocycles. The number of nitrogens with zero attached hydrogens (tertiary/aromatic N) is 5. The van der Waals surface area contributed by atoms with Crippen molar-refractivity contribution in [1.82, 2.24) is 14.1 Å². The van der Waals surface area contributed by atoms with E-state index in [-0.39, 0.29) is 23.6 Å². The molecule has 0 radical (unpaired) electrons. The molecule has 1 saturated carbocycles. The fraction of sp³-hybridized carbons (Fsp3) is 0.640. The molecule has 2 aliphatic heterocycles. The molecule has 10 nitrogen and oxygen atoms in total. The monoisotopic (exact) mass is 517 g/mol. The fourth-order valence-corrected chi connectivity index (χ4v) is 8.17. The number of methoxy groups -OCH3 is 1. The molecule has 0 bridgehead atoms. The van der Waals surface area contributed by atoms with Crippen molar-refractivity contribution in [1.29, 1.82) is 5.26 Å². The number of ether oxygens (including phenoxy) is 1. The Kier molecular flexibility index (Phi) is 7.21. The highest BCUT2D eigenvalue weighted by Crippen LogP contribution is 2.51. The van der Waals surface area contributed by atoms with Crippen LogP contribution in [0.4, 0.5) is 10.5 Å². The van der Waals surface area contributed by atoms with Gasteiger partial charge in [0.15, 0.2) is 0 Å². The Bertz CT molecular complexity index is 1160. The maximum Gasteiger partial charge on any atom is 0.319 e. The van der Waals surface area contributed by atoms with Crippen LogP contribution in [0.3, 0.4) is 0 Å². The van der Waals surface area contributed by atoms with Crippen LogP contribution in [0.25, 0.3) is 0 Å². The summed E-state index contributed by atoms with van der Waals surface area (Å²) >= 11 is 0. The predicted octanol–water partition coefficient (Wildman–Crippen LogP) is 1.50. The maximum atomic E-state index is 13.5. The first kappa shape index (κ1) is 26.2. The fourth-order valence-electron chi connectivity index (χ4n) is 6.21. The minimum Gasteiger partial charge on any atom is -0.469 e. The number of nitriles is 1. The number of hydrogen-bond acceptors (Lipinski definition) is 7. The summed E-state index contributed by atoms with van der Waals surface area (Å²) in [5, 5.41) is 9.10. The number of aryl methyl sites for hydroxylation is 1. The van der Waals surface area contributed by atoms with Crippen LogP contribution in [-0.4, -0.2) is 101 Å². The molecule has 0 aromatic heterocycles. The number of piperazine rings is 1. The van der Waals surface area contributed by atoms with Crippen LogP contribution in [0.1, 0.15) is 24.0 Å². The van der Waals surface area contributed by atoms with Crippen molar-refractivity contribution < 1.29 is 22.7 Å². The molecule has 3 fully saturated rings. The van der Waals surface area contributed by atoms with Crippen LogP contribution in [-0.2, 0) is 19.6 Å². The molecule has 1 aromatic rings. The van der Waals surface area contributed by atoms with Crippen LogP contribution < -0.4 is 4.90 Å². The summed E-state index contributed by atoms with van der Waals surface area (Å²) in [6, 6.07) is 7.60. The van der Waals surface area contributed by atoms with E-state index in [1.54, 1.807) is 25.1 Å². The van der Waals surface area contributed by atoms with Crippen molar-refractivity contribution in [3.05, 3.63) is 29.3 Å². The van der Waals surface area contributed by atoms with E-state index in [0.29, 0.717) is 57.7 Å². The van der Waals surface area contributed by atoms with Gasteiger partial charge < -0.3 is 19.4 Å². The van der Waals surface area contributed by atoms with Crippen LogP contribution in [0.2, 0.25) is 0 Å². The second-order valence-corrected chi connectivity index (χ2v) is 12.5. The third kappa shape index (κ3) is 4.89. The first-order valence-electron chi connectivity index (χ1n) is 12.3. The van der Waals surface area contributed by atoms with Crippen molar-refractivity contribution in [2.45, 2.75) is 19.8 Å². The van der Waals surface area contributed by atoms with Crippen molar-refractivity contribution >= 4 is 27.7 Å². The van der Waals surface area contributed by atoms with Gasteiger partial charge in [0, 0.05) is 59.1 Å². The molecule has 196 valence electrons. The van der Waals surface area contributed by atoms with E-state index in [2.05, 4.69) is 11.0 Å². The number of urea groups is 1. The quantitative estimate of drug-likeness (QED) is 0.544. The van der Waals surface area contributed by atoms with Crippen molar-refractivity contribution in [3.63, 3.8) is 0 Å². The third-order valence-corrected chi connectivity index (χ3v) is 9.98. The second kappa shape index (κ2) is 9.90. The number of sulfonamides is 1. The zero-order valence-corrected chi connectivity index (χ0v) is 22.3. The molecular formula is C25H35N5O5S. The Morgan fingerprint density at radius 3 is 2.25 bits per heavy atom. The lowest BCUT2D eigenvalue weighted by molar-refractivity contribution is -0.151. The zero-order chi connectivity index (χ0) is 26.3. The number of likely N-dealkylation sites (tertiary alicyclic amines) is 1. The predicted molar refractivity (Wildman–Crippen MR) is 135 cm³/mol.